The Morgan fingerprint density at radius 2 is 1.71 bits per heavy atom. The van der Waals surface area contributed by atoms with Crippen molar-refractivity contribution in [3.05, 3.63) is 76.8 Å². The van der Waals surface area contributed by atoms with Crippen LogP contribution in [0.1, 0.15) is 28.8 Å². The number of para-hydroxylation sites is 1. The fourth-order valence-corrected chi connectivity index (χ4v) is 5.08. The number of hydrogen-bond donors (Lipinski definition) is 2. The summed E-state index contributed by atoms with van der Waals surface area (Å²) in [6.07, 6.45) is 2.06. The molecule has 4 aromatic rings. The van der Waals surface area contributed by atoms with Gasteiger partial charge < -0.3 is 15.2 Å². The Balaban J connectivity index is 0.00000289. The first-order chi connectivity index (χ1) is 16.6. The van der Waals surface area contributed by atoms with Crippen molar-refractivity contribution in [3.63, 3.8) is 0 Å². The van der Waals surface area contributed by atoms with Crippen molar-refractivity contribution in [1.82, 2.24) is 15.2 Å². The molecule has 0 saturated carbocycles. The monoisotopic (exact) mass is 510 g/mol. The van der Waals surface area contributed by atoms with Crippen molar-refractivity contribution < 1.29 is 4.79 Å². The maximum absolute atomic E-state index is 12.6. The van der Waals surface area contributed by atoms with Crippen molar-refractivity contribution in [2.24, 2.45) is 0 Å². The van der Waals surface area contributed by atoms with E-state index in [2.05, 4.69) is 45.2 Å². The summed E-state index contributed by atoms with van der Waals surface area (Å²) in [6.45, 7) is 8.02. The molecular formula is C28H32Cl2N4O. The number of anilines is 1. The Morgan fingerprint density at radius 1 is 0.943 bits per heavy atom. The third kappa shape index (κ3) is 5.58. The van der Waals surface area contributed by atoms with E-state index >= 15 is 0 Å². The number of piperazine rings is 1. The second-order valence-electron chi connectivity index (χ2n) is 9.11. The molecule has 5 rings (SSSR count). The van der Waals surface area contributed by atoms with Gasteiger partial charge in [-0.05, 0) is 62.2 Å². The number of nitrogens with one attached hydrogen (secondary N) is 2. The molecule has 1 fully saturated rings. The van der Waals surface area contributed by atoms with Crippen LogP contribution >= 0.6 is 24.0 Å². The predicted molar refractivity (Wildman–Crippen MR) is 149 cm³/mol. The van der Waals surface area contributed by atoms with Crippen LogP contribution in [0.3, 0.4) is 0 Å². The summed E-state index contributed by atoms with van der Waals surface area (Å²) in [5.74, 6) is -0.00828. The number of rotatable bonds is 7. The molecule has 1 aliphatic heterocycles. The largest absolute Gasteiger partial charge is 0.369 e. The number of hydrogen-bond acceptors (Lipinski definition) is 3. The molecule has 0 radical (unpaired) electrons. The van der Waals surface area contributed by atoms with Gasteiger partial charge in [-0.3, -0.25) is 9.69 Å². The molecule has 2 heterocycles. The molecule has 0 unspecified atom stereocenters. The number of halogens is 2. The lowest BCUT2D eigenvalue weighted by molar-refractivity contribution is 0.0952. The maximum atomic E-state index is 12.6. The number of aromatic amines is 1. The van der Waals surface area contributed by atoms with Crippen molar-refractivity contribution in [1.29, 1.82) is 0 Å². The zero-order chi connectivity index (χ0) is 23.5. The van der Waals surface area contributed by atoms with Gasteiger partial charge in [0, 0.05) is 70.8 Å². The topological polar surface area (TPSA) is 51.4 Å². The van der Waals surface area contributed by atoms with Crippen LogP contribution < -0.4 is 10.2 Å². The van der Waals surface area contributed by atoms with Crippen LogP contribution in [0, 0.1) is 6.92 Å². The lowest BCUT2D eigenvalue weighted by atomic mass is 10.1. The van der Waals surface area contributed by atoms with E-state index in [-0.39, 0.29) is 18.3 Å². The molecule has 1 amide bonds. The number of carbonyl (C=O) groups is 1. The van der Waals surface area contributed by atoms with Gasteiger partial charge in [0.25, 0.3) is 5.91 Å². The van der Waals surface area contributed by atoms with E-state index in [0.717, 1.165) is 72.6 Å². The second-order valence-corrected chi connectivity index (χ2v) is 9.51. The predicted octanol–water partition coefficient (Wildman–Crippen LogP) is 6.04. The summed E-state index contributed by atoms with van der Waals surface area (Å²) in [5.41, 5.74) is 5.21. The Bertz CT molecular complexity index is 1310. The minimum Gasteiger partial charge on any atom is -0.369 e. The summed E-state index contributed by atoms with van der Waals surface area (Å²) >= 11 is 6.30. The van der Waals surface area contributed by atoms with Crippen molar-refractivity contribution >= 4 is 57.4 Å². The third-order valence-corrected chi connectivity index (χ3v) is 7.32. The zero-order valence-electron chi connectivity index (χ0n) is 20.0. The summed E-state index contributed by atoms with van der Waals surface area (Å²) in [7, 11) is 0. The average molecular weight is 511 g/mol. The van der Waals surface area contributed by atoms with E-state index in [0.29, 0.717) is 12.1 Å². The van der Waals surface area contributed by atoms with E-state index in [9.17, 15) is 4.79 Å². The minimum atomic E-state index is -0.00828. The molecule has 1 aromatic heterocycles. The van der Waals surface area contributed by atoms with Crippen molar-refractivity contribution in [2.45, 2.75) is 19.8 Å². The zero-order valence-corrected chi connectivity index (χ0v) is 21.6. The molecule has 0 bridgehead atoms. The lowest BCUT2D eigenvalue weighted by Gasteiger charge is -2.37. The lowest BCUT2D eigenvalue weighted by Crippen LogP contribution is -2.46. The molecule has 2 N–H and O–H groups in total. The van der Waals surface area contributed by atoms with Crippen LogP contribution in [0.15, 0.2) is 60.7 Å². The van der Waals surface area contributed by atoms with Gasteiger partial charge in [-0.25, -0.2) is 0 Å². The molecule has 3 aromatic carbocycles. The fourth-order valence-electron chi connectivity index (χ4n) is 4.91. The quantitative estimate of drug-likeness (QED) is 0.298. The summed E-state index contributed by atoms with van der Waals surface area (Å²) in [4.78, 5) is 21.0. The van der Waals surface area contributed by atoms with Crippen LogP contribution in [-0.2, 0) is 0 Å². The SMILES string of the molecule is Cc1c(Cl)cccc1N1CCN(CCCCNC(=O)c2ccc3c(c2)[nH]c2ccccc23)CC1.Cl. The van der Waals surface area contributed by atoms with E-state index in [1.165, 1.54) is 11.1 Å². The normalized spacial score (nSPS) is 14.3. The highest BCUT2D eigenvalue weighted by atomic mass is 35.5. The van der Waals surface area contributed by atoms with Crippen LogP contribution in [-0.4, -0.2) is 55.1 Å². The van der Waals surface area contributed by atoms with Gasteiger partial charge >= 0.3 is 0 Å². The van der Waals surface area contributed by atoms with Gasteiger partial charge in [-0.2, -0.15) is 0 Å². The first-order valence-electron chi connectivity index (χ1n) is 12.1. The van der Waals surface area contributed by atoms with Crippen LogP contribution in [0.4, 0.5) is 5.69 Å². The number of carbonyl (C=O) groups excluding carboxylic acids is 1. The van der Waals surface area contributed by atoms with Crippen molar-refractivity contribution in [3.8, 4) is 0 Å². The average Bonchev–Trinajstić information content (AvgIpc) is 3.24. The molecule has 1 saturated heterocycles. The number of amides is 1. The molecule has 184 valence electrons. The highest BCUT2D eigenvalue weighted by Gasteiger charge is 2.18. The number of fused-ring (bicyclic) bond motifs is 3. The van der Waals surface area contributed by atoms with Gasteiger partial charge in [0.15, 0.2) is 0 Å². The van der Waals surface area contributed by atoms with Gasteiger partial charge in [-0.15, -0.1) is 12.4 Å². The fraction of sp³-hybridized carbons (Fsp3) is 0.321. The number of benzene rings is 3. The van der Waals surface area contributed by atoms with Crippen LogP contribution in [0.25, 0.3) is 21.8 Å². The standard InChI is InChI=1S/C28H31ClN4O.ClH/c1-20-24(29)8-6-10-27(20)33-17-15-32(16-18-33)14-5-4-13-30-28(34)21-11-12-23-22-7-2-3-9-25(22)31-26(23)19-21;/h2-3,6-12,19,31H,4-5,13-18H2,1H3,(H,30,34);1H. The molecule has 1 aliphatic rings. The molecule has 0 spiro atoms. The van der Waals surface area contributed by atoms with Crippen LogP contribution in [0.2, 0.25) is 5.02 Å². The maximum Gasteiger partial charge on any atom is 0.251 e. The number of unbranched alkanes of at least 4 members (excludes halogenated alkanes) is 1. The Labute approximate surface area is 217 Å². The van der Waals surface area contributed by atoms with E-state index in [4.69, 9.17) is 11.6 Å². The van der Waals surface area contributed by atoms with E-state index < -0.39 is 0 Å². The van der Waals surface area contributed by atoms with E-state index in [1.807, 2.05) is 42.5 Å². The highest BCUT2D eigenvalue weighted by molar-refractivity contribution is 6.31. The van der Waals surface area contributed by atoms with Gasteiger partial charge in [-0.1, -0.05) is 41.9 Å². The molecule has 35 heavy (non-hydrogen) atoms. The molecule has 5 nitrogen and oxygen atoms in total. The number of nitrogens with zero attached hydrogens (tertiary/aromatic N) is 2. The number of H-pyrrole nitrogens is 1. The van der Waals surface area contributed by atoms with Gasteiger partial charge in [0.2, 0.25) is 0 Å². The summed E-state index contributed by atoms with van der Waals surface area (Å²) in [6, 6.07) is 20.3. The molecular weight excluding hydrogens is 479 g/mol. The molecule has 7 heteroatoms. The van der Waals surface area contributed by atoms with Crippen LogP contribution in [0.5, 0.6) is 0 Å². The number of aromatic nitrogens is 1. The Morgan fingerprint density at radius 3 is 2.54 bits per heavy atom. The smallest absolute Gasteiger partial charge is 0.251 e. The Hall–Kier alpha value is -2.73. The minimum absolute atomic E-state index is 0. The van der Waals surface area contributed by atoms with Gasteiger partial charge in [0.05, 0.1) is 0 Å². The summed E-state index contributed by atoms with van der Waals surface area (Å²) < 4.78 is 0. The Kier molecular flexibility index (Phi) is 8.22. The summed E-state index contributed by atoms with van der Waals surface area (Å²) in [5, 5.41) is 6.26. The molecule has 0 aliphatic carbocycles. The highest BCUT2D eigenvalue weighted by Crippen LogP contribution is 2.28. The first kappa shape index (κ1) is 25.4. The van der Waals surface area contributed by atoms with Crippen molar-refractivity contribution in [2.75, 3.05) is 44.2 Å². The first-order valence-corrected chi connectivity index (χ1v) is 12.5. The third-order valence-electron chi connectivity index (χ3n) is 6.91. The molecule has 0 atom stereocenters. The van der Waals surface area contributed by atoms with Gasteiger partial charge in [0.1, 0.15) is 0 Å². The second kappa shape index (κ2) is 11.3. The van der Waals surface area contributed by atoms with E-state index in [1.54, 1.807) is 0 Å².